The second-order valence-corrected chi connectivity index (χ2v) is 3.90. The summed E-state index contributed by atoms with van der Waals surface area (Å²) >= 11 is 0. The molecule has 0 saturated heterocycles. The van der Waals surface area contributed by atoms with E-state index < -0.39 is 0 Å². The Balaban J connectivity index is 2.61. The van der Waals surface area contributed by atoms with Gasteiger partial charge < -0.3 is 5.73 Å². The number of nitrogens with two attached hydrogens (primary N) is 1. The van der Waals surface area contributed by atoms with Crippen molar-refractivity contribution < 1.29 is 4.39 Å². The molecule has 0 spiro atoms. The third-order valence-corrected chi connectivity index (χ3v) is 2.49. The van der Waals surface area contributed by atoms with Gasteiger partial charge >= 0.3 is 0 Å². The molecule has 0 aromatic heterocycles. The lowest BCUT2D eigenvalue weighted by Crippen LogP contribution is -2.10. The number of fused-ring (bicyclic) bond motifs is 1. The predicted molar refractivity (Wildman–Crippen MR) is 55.5 cm³/mol. The summed E-state index contributed by atoms with van der Waals surface area (Å²) in [6, 6.07) is 3.29. The average Bonchev–Trinajstić information content (AvgIpc) is 2.47. The molecule has 1 aromatic rings. The Labute approximate surface area is 82.7 Å². The maximum Gasteiger partial charge on any atom is 0.129 e. The minimum atomic E-state index is -0.200. The lowest BCUT2D eigenvalue weighted by molar-refractivity contribution is 0.616. The molecule has 14 heavy (non-hydrogen) atoms. The van der Waals surface area contributed by atoms with Gasteiger partial charge in [-0.05, 0) is 17.5 Å². The van der Waals surface area contributed by atoms with E-state index in [0.29, 0.717) is 23.7 Å². The highest BCUT2D eigenvalue weighted by Crippen LogP contribution is 2.35. The number of hydrogen-bond acceptors (Lipinski definition) is 2. The number of nitrogens with zero attached hydrogens (tertiary/aromatic N) is 1. The average molecular weight is 192 g/mol. The summed E-state index contributed by atoms with van der Waals surface area (Å²) in [4.78, 5) is 4.19. The molecule has 3 heteroatoms. The smallest absolute Gasteiger partial charge is 0.129 e. The molecule has 0 amide bonds. The minimum Gasteiger partial charge on any atom is -0.387 e. The molecular weight excluding hydrogens is 179 g/mol. The molecule has 0 radical (unpaired) electrons. The molecule has 1 aliphatic rings. The lowest BCUT2D eigenvalue weighted by Gasteiger charge is -2.09. The molecular formula is C11H13FN2. The van der Waals surface area contributed by atoms with E-state index in [0.717, 1.165) is 11.3 Å². The van der Waals surface area contributed by atoms with Gasteiger partial charge in [0.15, 0.2) is 0 Å². The van der Waals surface area contributed by atoms with Gasteiger partial charge in [0.05, 0.1) is 5.69 Å². The van der Waals surface area contributed by atoms with E-state index in [9.17, 15) is 4.39 Å². The Morgan fingerprint density at radius 3 is 2.79 bits per heavy atom. The molecule has 1 heterocycles. The van der Waals surface area contributed by atoms with Crippen molar-refractivity contribution in [2.24, 2.45) is 10.7 Å². The van der Waals surface area contributed by atoms with Crippen molar-refractivity contribution >= 4 is 11.5 Å². The fourth-order valence-electron chi connectivity index (χ4n) is 1.76. The zero-order valence-electron chi connectivity index (χ0n) is 8.34. The van der Waals surface area contributed by atoms with Crippen LogP contribution < -0.4 is 5.73 Å². The Morgan fingerprint density at radius 1 is 1.43 bits per heavy atom. The minimum absolute atomic E-state index is 0.200. The van der Waals surface area contributed by atoms with Crippen LogP contribution in [0.1, 0.15) is 30.9 Å². The zero-order chi connectivity index (χ0) is 10.3. The van der Waals surface area contributed by atoms with Gasteiger partial charge in [-0.1, -0.05) is 19.9 Å². The van der Waals surface area contributed by atoms with Crippen LogP contribution in [0.25, 0.3) is 0 Å². The van der Waals surface area contributed by atoms with Crippen LogP contribution >= 0.6 is 0 Å². The van der Waals surface area contributed by atoms with E-state index in [1.807, 2.05) is 0 Å². The Hall–Kier alpha value is -1.38. The quantitative estimate of drug-likeness (QED) is 0.729. The normalized spacial score (nSPS) is 14.4. The Kier molecular flexibility index (Phi) is 2.02. The number of hydrogen-bond donors (Lipinski definition) is 1. The van der Waals surface area contributed by atoms with Gasteiger partial charge in [0.2, 0.25) is 0 Å². The van der Waals surface area contributed by atoms with Gasteiger partial charge in [0, 0.05) is 12.0 Å². The van der Waals surface area contributed by atoms with Gasteiger partial charge in [-0.15, -0.1) is 0 Å². The molecule has 0 atom stereocenters. The molecule has 1 aromatic carbocycles. The first-order chi connectivity index (χ1) is 6.59. The number of amidine groups is 1. The molecule has 2 rings (SSSR count). The monoisotopic (exact) mass is 192 g/mol. The van der Waals surface area contributed by atoms with Crippen LogP contribution in [0.4, 0.5) is 10.1 Å². The summed E-state index contributed by atoms with van der Waals surface area (Å²) in [5.74, 6) is 0.652. The van der Waals surface area contributed by atoms with Gasteiger partial charge in [0.1, 0.15) is 11.7 Å². The highest BCUT2D eigenvalue weighted by molar-refractivity contribution is 5.91. The van der Waals surface area contributed by atoms with Crippen molar-refractivity contribution in [3.63, 3.8) is 0 Å². The summed E-state index contributed by atoms with van der Waals surface area (Å²) in [7, 11) is 0. The maximum atomic E-state index is 13.4. The van der Waals surface area contributed by atoms with Crippen LogP contribution in [0.2, 0.25) is 0 Å². The zero-order valence-corrected chi connectivity index (χ0v) is 8.34. The van der Waals surface area contributed by atoms with Crippen molar-refractivity contribution in [2.45, 2.75) is 26.2 Å². The lowest BCUT2D eigenvalue weighted by atomic mass is 9.97. The third-order valence-electron chi connectivity index (χ3n) is 2.49. The second kappa shape index (κ2) is 3.08. The van der Waals surface area contributed by atoms with Crippen molar-refractivity contribution in [1.82, 2.24) is 0 Å². The van der Waals surface area contributed by atoms with Crippen LogP contribution in [0.5, 0.6) is 0 Å². The summed E-state index contributed by atoms with van der Waals surface area (Å²) < 4.78 is 13.4. The summed E-state index contributed by atoms with van der Waals surface area (Å²) in [5.41, 5.74) is 8.07. The first-order valence-corrected chi connectivity index (χ1v) is 4.74. The van der Waals surface area contributed by atoms with Gasteiger partial charge in [0.25, 0.3) is 0 Å². The molecule has 2 N–H and O–H groups in total. The molecule has 0 fully saturated rings. The molecule has 0 aliphatic carbocycles. The Bertz CT molecular complexity index is 408. The predicted octanol–water partition coefficient (Wildman–Crippen LogP) is 2.49. The number of aliphatic imine (C=N–C) groups is 1. The number of halogens is 1. The molecule has 74 valence electrons. The highest BCUT2D eigenvalue weighted by Gasteiger charge is 2.20. The molecule has 1 aliphatic heterocycles. The maximum absolute atomic E-state index is 13.4. The van der Waals surface area contributed by atoms with E-state index in [-0.39, 0.29) is 5.82 Å². The first kappa shape index (κ1) is 9.19. The first-order valence-electron chi connectivity index (χ1n) is 4.74. The van der Waals surface area contributed by atoms with Crippen LogP contribution in [-0.2, 0) is 6.42 Å². The Morgan fingerprint density at radius 2 is 2.14 bits per heavy atom. The highest BCUT2D eigenvalue weighted by atomic mass is 19.1. The second-order valence-electron chi connectivity index (χ2n) is 3.90. The summed E-state index contributed by atoms with van der Waals surface area (Å²) in [5, 5.41) is 0. The molecule has 0 unspecified atom stereocenters. The van der Waals surface area contributed by atoms with Crippen LogP contribution in [0.3, 0.4) is 0 Å². The largest absolute Gasteiger partial charge is 0.387 e. The van der Waals surface area contributed by atoms with Crippen molar-refractivity contribution in [2.75, 3.05) is 0 Å². The van der Waals surface area contributed by atoms with Crippen LogP contribution in [-0.4, -0.2) is 5.84 Å². The fraction of sp³-hybridized carbons (Fsp3) is 0.364. The topological polar surface area (TPSA) is 38.4 Å². The number of benzene rings is 1. The van der Waals surface area contributed by atoms with E-state index >= 15 is 0 Å². The standard InChI is InChI=1S/C11H13FN2/c1-6(2)7-3-4-9(12)8-5-10(13)14-11(7)8/h3-4,6H,5H2,1-2H3,(H2,13,14). The van der Waals surface area contributed by atoms with E-state index in [2.05, 4.69) is 18.8 Å². The van der Waals surface area contributed by atoms with E-state index in [4.69, 9.17) is 5.73 Å². The van der Waals surface area contributed by atoms with Gasteiger partial charge in [-0.25, -0.2) is 9.38 Å². The molecule has 2 nitrogen and oxygen atoms in total. The molecule has 0 bridgehead atoms. The van der Waals surface area contributed by atoms with Gasteiger partial charge in [-0.3, -0.25) is 0 Å². The van der Waals surface area contributed by atoms with Crippen LogP contribution in [0.15, 0.2) is 17.1 Å². The van der Waals surface area contributed by atoms with Crippen LogP contribution in [0, 0.1) is 5.82 Å². The van der Waals surface area contributed by atoms with Gasteiger partial charge in [-0.2, -0.15) is 0 Å². The van der Waals surface area contributed by atoms with Crippen molar-refractivity contribution in [1.29, 1.82) is 0 Å². The summed E-state index contributed by atoms with van der Waals surface area (Å²) in [6.45, 7) is 4.13. The molecule has 0 saturated carbocycles. The van der Waals surface area contributed by atoms with Crippen molar-refractivity contribution in [3.05, 3.63) is 29.1 Å². The number of rotatable bonds is 1. The van der Waals surface area contributed by atoms with E-state index in [1.54, 1.807) is 6.07 Å². The fourth-order valence-corrected chi connectivity index (χ4v) is 1.76. The SMILES string of the molecule is CC(C)c1ccc(F)c2c1N=C(N)C2. The van der Waals surface area contributed by atoms with E-state index in [1.165, 1.54) is 6.07 Å². The third kappa shape index (κ3) is 1.29. The summed E-state index contributed by atoms with van der Waals surface area (Å²) in [6.07, 6.45) is 0.446. The van der Waals surface area contributed by atoms with Crippen molar-refractivity contribution in [3.8, 4) is 0 Å².